The molecule has 7 nitrogen and oxygen atoms in total. The van der Waals surface area contributed by atoms with Crippen LogP contribution in [0.25, 0.3) is 10.8 Å². The molecule has 0 atom stereocenters. The summed E-state index contributed by atoms with van der Waals surface area (Å²) in [6.07, 6.45) is 1.18. The molecule has 2 aromatic rings. The van der Waals surface area contributed by atoms with E-state index in [0.29, 0.717) is 31.9 Å². The highest BCUT2D eigenvalue weighted by Crippen LogP contribution is 2.25. The lowest BCUT2D eigenvalue weighted by atomic mass is 10.1. The van der Waals surface area contributed by atoms with Gasteiger partial charge < -0.3 is 14.4 Å². The zero-order valence-electron chi connectivity index (χ0n) is 14.8. The number of piperazine rings is 1. The van der Waals surface area contributed by atoms with Crippen molar-refractivity contribution in [3.8, 4) is 11.5 Å². The van der Waals surface area contributed by atoms with Gasteiger partial charge in [-0.3, -0.25) is 4.79 Å². The van der Waals surface area contributed by atoms with Crippen molar-refractivity contribution in [2.75, 3.05) is 46.2 Å². The first-order valence-electron chi connectivity index (χ1n) is 8.30. The molecule has 1 heterocycles. The van der Waals surface area contributed by atoms with Gasteiger partial charge in [0, 0.05) is 26.2 Å². The number of ether oxygens (including phenoxy) is 2. The molecule has 1 aliphatic rings. The van der Waals surface area contributed by atoms with Gasteiger partial charge in [-0.1, -0.05) is 12.1 Å². The van der Waals surface area contributed by atoms with Crippen LogP contribution in [0.4, 0.5) is 0 Å². The van der Waals surface area contributed by atoms with E-state index in [1.807, 2.05) is 36.4 Å². The fraction of sp³-hybridized carbons (Fsp3) is 0.389. The molecule has 2 aromatic carbocycles. The third-order valence-corrected chi connectivity index (χ3v) is 5.74. The number of methoxy groups -OCH3 is 1. The molecule has 0 radical (unpaired) electrons. The smallest absolute Gasteiger partial charge is 0.260 e. The molecule has 0 saturated carbocycles. The number of hydrogen-bond acceptors (Lipinski definition) is 5. The summed E-state index contributed by atoms with van der Waals surface area (Å²) in [6.45, 7) is 1.32. The predicted octanol–water partition coefficient (Wildman–Crippen LogP) is 1.33. The van der Waals surface area contributed by atoms with Crippen LogP contribution >= 0.6 is 0 Å². The number of hydrogen-bond donors (Lipinski definition) is 0. The zero-order chi connectivity index (χ0) is 18.7. The molecule has 1 aliphatic heterocycles. The van der Waals surface area contributed by atoms with E-state index in [2.05, 4.69) is 0 Å². The van der Waals surface area contributed by atoms with Crippen molar-refractivity contribution in [2.45, 2.75) is 0 Å². The van der Waals surface area contributed by atoms with E-state index in [9.17, 15) is 13.2 Å². The van der Waals surface area contributed by atoms with Gasteiger partial charge in [-0.05, 0) is 35.0 Å². The van der Waals surface area contributed by atoms with E-state index in [1.165, 1.54) is 10.6 Å². The van der Waals surface area contributed by atoms with Crippen LogP contribution in [0.1, 0.15) is 0 Å². The lowest BCUT2D eigenvalue weighted by molar-refractivity contribution is -0.134. The highest BCUT2D eigenvalue weighted by atomic mass is 32.2. The molecule has 0 N–H and O–H groups in total. The van der Waals surface area contributed by atoms with Gasteiger partial charge in [0.25, 0.3) is 5.91 Å². The van der Waals surface area contributed by atoms with Crippen LogP contribution in [-0.4, -0.2) is 69.7 Å². The van der Waals surface area contributed by atoms with Crippen LogP contribution in [-0.2, 0) is 14.8 Å². The summed E-state index contributed by atoms with van der Waals surface area (Å²) < 4.78 is 35.3. The lowest BCUT2D eigenvalue weighted by Crippen LogP contribution is -2.51. The Hall–Kier alpha value is -2.32. The minimum Gasteiger partial charge on any atom is -0.497 e. The summed E-state index contributed by atoms with van der Waals surface area (Å²) >= 11 is 0. The second-order valence-electron chi connectivity index (χ2n) is 6.21. The number of rotatable bonds is 5. The summed E-state index contributed by atoms with van der Waals surface area (Å²) in [5.74, 6) is 1.22. The number of sulfonamides is 1. The Bertz CT molecular complexity index is 905. The maximum atomic E-state index is 12.3. The summed E-state index contributed by atoms with van der Waals surface area (Å²) in [7, 11) is -1.59. The van der Waals surface area contributed by atoms with E-state index in [1.54, 1.807) is 12.0 Å². The molecular weight excluding hydrogens is 356 g/mol. The average molecular weight is 378 g/mol. The Morgan fingerprint density at radius 3 is 2.23 bits per heavy atom. The van der Waals surface area contributed by atoms with E-state index < -0.39 is 10.0 Å². The molecule has 0 unspecified atom stereocenters. The first-order chi connectivity index (χ1) is 12.4. The van der Waals surface area contributed by atoms with Gasteiger partial charge in [-0.2, -0.15) is 4.31 Å². The van der Waals surface area contributed by atoms with Gasteiger partial charge in [0.2, 0.25) is 10.0 Å². The topological polar surface area (TPSA) is 76.2 Å². The molecule has 0 bridgehead atoms. The Kier molecular flexibility index (Phi) is 5.33. The number of carbonyl (C=O) groups is 1. The molecule has 0 spiro atoms. The van der Waals surface area contributed by atoms with Gasteiger partial charge in [0.05, 0.1) is 13.4 Å². The third-order valence-electron chi connectivity index (χ3n) is 4.44. The fourth-order valence-electron chi connectivity index (χ4n) is 2.93. The highest BCUT2D eigenvalue weighted by Gasteiger charge is 2.26. The number of benzene rings is 2. The van der Waals surface area contributed by atoms with Crippen LogP contribution < -0.4 is 9.47 Å². The molecule has 140 valence electrons. The van der Waals surface area contributed by atoms with Crippen molar-refractivity contribution in [3.63, 3.8) is 0 Å². The maximum absolute atomic E-state index is 12.3. The van der Waals surface area contributed by atoms with Crippen molar-refractivity contribution in [1.29, 1.82) is 0 Å². The van der Waals surface area contributed by atoms with Crippen molar-refractivity contribution >= 4 is 26.7 Å². The van der Waals surface area contributed by atoms with E-state index in [-0.39, 0.29) is 12.5 Å². The Balaban J connectivity index is 1.59. The Labute approximate surface area is 153 Å². The van der Waals surface area contributed by atoms with Gasteiger partial charge in [0.1, 0.15) is 11.5 Å². The van der Waals surface area contributed by atoms with Crippen LogP contribution in [0.15, 0.2) is 36.4 Å². The second-order valence-corrected chi connectivity index (χ2v) is 8.19. The normalized spacial score (nSPS) is 15.8. The Morgan fingerprint density at radius 1 is 1.00 bits per heavy atom. The standard InChI is InChI=1S/C18H22N2O5S/c1-24-16-5-3-14-4-6-17(12-15(14)11-16)25-13-18(21)19-7-9-20(10-8-19)26(2,22)23/h3-6,11-12H,7-10,13H2,1-2H3. The summed E-state index contributed by atoms with van der Waals surface area (Å²) in [5, 5.41) is 2.03. The molecular formula is C18H22N2O5S. The first-order valence-corrected chi connectivity index (χ1v) is 10.1. The summed E-state index contributed by atoms with van der Waals surface area (Å²) in [6, 6.07) is 11.4. The van der Waals surface area contributed by atoms with Gasteiger partial charge in [0.15, 0.2) is 6.61 Å². The van der Waals surface area contributed by atoms with E-state index >= 15 is 0 Å². The predicted molar refractivity (Wildman–Crippen MR) is 99.0 cm³/mol. The third kappa shape index (κ3) is 4.25. The van der Waals surface area contributed by atoms with E-state index in [4.69, 9.17) is 9.47 Å². The average Bonchev–Trinajstić information content (AvgIpc) is 2.64. The highest BCUT2D eigenvalue weighted by molar-refractivity contribution is 7.88. The molecule has 1 fully saturated rings. The zero-order valence-corrected chi connectivity index (χ0v) is 15.7. The van der Waals surface area contributed by atoms with E-state index in [0.717, 1.165) is 16.5 Å². The number of carbonyl (C=O) groups excluding carboxylic acids is 1. The van der Waals surface area contributed by atoms with Crippen molar-refractivity contribution in [1.82, 2.24) is 9.21 Å². The first kappa shape index (κ1) is 18.5. The molecule has 0 aromatic heterocycles. The van der Waals surface area contributed by atoms with Crippen LogP contribution in [0.5, 0.6) is 11.5 Å². The lowest BCUT2D eigenvalue weighted by Gasteiger charge is -2.33. The van der Waals surface area contributed by atoms with Crippen LogP contribution in [0.3, 0.4) is 0 Å². The summed E-state index contributed by atoms with van der Waals surface area (Å²) in [4.78, 5) is 13.9. The maximum Gasteiger partial charge on any atom is 0.260 e. The Morgan fingerprint density at radius 2 is 1.62 bits per heavy atom. The largest absolute Gasteiger partial charge is 0.497 e. The molecule has 3 rings (SSSR count). The minimum atomic E-state index is -3.20. The molecule has 8 heteroatoms. The van der Waals surface area contributed by atoms with Crippen molar-refractivity contribution in [2.24, 2.45) is 0 Å². The molecule has 1 saturated heterocycles. The monoisotopic (exact) mass is 378 g/mol. The van der Waals surface area contributed by atoms with Crippen molar-refractivity contribution < 1.29 is 22.7 Å². The quantitative estimate of drug-likeness (QED) is 0.785. The number of fused-ring (bicyclic) bond motifs is 1. The number of nitrogens with zero attached hydrogens (tertiary/aromatic N) is 2. The number of amides is 1. The van der Waals surface area contributed by atoms with Crippen LogP contribution in [0, 0.1) is 0 Å². The van der Waals surface area contributed by atoms with Gasteiger partial charge in [-0.25, -0.2) is 8.42 Å². The fourth-order valence-corrected chi connectivity index (χ4v) is 3.75. The molecule has 1 amide bonds. The van der Waals surface area contributed by atoms with Gasteiger partial charge >= 0.3 is 0 Å². The van der Waals surface area contributed by atoms with Crippen LogP contribution in [0.2, 0.25) is 0 Å². The minimum absolute atomic E-state index is 0.0750. The molecule has 0 aliphatic carbocycles. The second kappa shape index (κ2) is 7.51. The van der Waals surface area contributed by atoms with Gasteiger partial charge in [-0.15, -0.1) is 0 Å². The SMILES string of the molecule is COc1ccc2ccc(OCC(=O)N3CCN(S(C)(=O)=O)CC3)cc2c1. The summed E-state index contributed by atoms with van der Waals surface area (Å²) in [5.41, 5.74) is 0. The van der Waals surface area contributed by atoms with Crippen molar-refractivity contribution in [3.05, 3.63) is 36.4 Å². The molecule has 26 heavy (non-hydrogen) atoms.